The molecule has 0 aliphatic heterocycles. The van der Waals surface area contributed by atoms with Crippen molar-refractivity contribution in [1.82, 2.24) is 14.8 Å². The maximum Gasteiger partial charge on any atom is 0.417 e. The lowest BCUT2D eigenvalue weighted by atomic mass is 10.2. The quantitative estimate of drug-likeness (QED) is 0.761. The van der Waals surface area contributed by atoms with Gasteiger partial charge < -0.3 is 11.1 Å². The highest BCUT2D eigenvalue weighted by Crippen LogP contribution is 2.28. The van der Waals surface area contributed by atoms with Crippen LogP contribution in [0.4, 0.5) is 18.9 Å². The lowest BCUT2D eigenvalue weighted by molar-refractivity contribution is -0.137. The lowest BCUT2D eigenvalue weighted by Gasteiger charge is -2.15. The molecule has 0 aliphatic rings. The molecule has 0 aliphatic carbocycles. The highest BCUT2D eigenvalue weighted by molar-refractivity contribution is 6.33. The number of nitrogens with two attached hydrogens (primary N) is 1. The molecule has 2 aromatic rings. The average molecular weight is 386 g/mol. The summed E-state index contributed by atoms with van der Waals surface area (Å²) in [7, 11) is 0. The fourth-order valence-electron chi connectivity index (χ4n) is 1.90. The van der Waals surface area contributed by atoms with Crippen LogP contribution in [0.15, 0.2) is 29.3 Å². The average Bonchev–Trinajstić information content (AvgIpc) is 2.57. The molecular formula is C15H11ClF3N5O2. The lowest BCUT2D eigenvalue weighted by Crippen LogP contribution is -2.36. The number of halogens is 4. The van der Waals surface area contributed by atoms with Gasteiger partial charge in [0.2, 0.25) is 5.91 Å². The summed E-state index contributed by atoms with van der Waals surface area (Å²) in [6.07, 6.45) is 2.20. The van der Waals surface area contributed by atoms with E-state index in [1.165, 1.54) is 0 Å². The maximum atomic E-state index is 12.6. The molecule has 3 N–H and O–H groups in total. The second-order valence-corrected chi connectivity index (χ2v) is 5.38. The molecule has 1 atom stereocenters. The largest absolute Gasteiger partial charge is 0.417 e. The summed E-state index contributed by atoms with van der Waals surface area (Å²) in [4.78, 5) is 27.2. The number of hydrogen-bond donors (Lipinski definition) is 2. The van der Waals surface area contributed by atoms with Crippen molar-refractivity contribution in [2.75, 3.05) is 5.32 Å². The van der Waals surface area contributed by atoms with Gasteiger partial charge in [0, 0.05) is 12.6 Å². The highest BCUT2D eigenvalue weighted by Gasteiger charge is 2.30. The molecule has 0 saturated heterocycles. The van der Waals surface area contributed by atoms with Gasteiger partial charge in [0.25, 0.3) is 5.56 Å². The van der Waals surface area contributed by atoms with E-state index in [0.717, 1.165) is 18.3 Å². The summed E-state index contributed by atoms with van der Waals surface area (Å²) in [6, 6.07) is 0.761. The SMILES string of the molecule is C#CC[C@H](Nc1cnn(-c2ccc(C(F)(F)F)cn2)c(=O)c1Cl)C(N)=O. The Morgan fingerprint density at radius 2 is 2.12 bits per heavy atom. The molecule has 26 heavy (non-hydrogen) atoms. The number of amides is 1. The van der Waals surface area contributed by atoms with Crippen LogP contribution in [-0.2, 0) is 11.0 Å². The number of hydrogen-bond acceptors (Lipinski definition) is 5. The van der Waals surface area contributed by atoms with Gasteiger partial charge >= 0.3 is 6.18 Å². The normalized spacial score (nSPS) is 12.3. The highest BCUT2D eigenvalue weighted by atomic mass is 35.5. The summed E-state index contributed by atoms with van der Waals surface area (Å²) >= 11 is 5.95. The summed E-state index contributed by atoms with van der Waals surface area (Å²) in [5, 5.41) is 6.03. The van der Waals surface area contributed by atoms with Gasteiger partial charge in [-0.25, -0.2) is 4.98 Å². The third-order valence-electron chi connectivity index (χ3n) is 3.21. The molecule has 2 heterocycles. The minimum absolute atomic E-state index is 0.00104. The zero-order valence-electron chi connectivity index (χ0n) is 12.9. The van der Waals surface area contributed by atoms with Crippen LogP contribution in [0.3, 0.4) is 0 Å². The number of primary amides is 1. The molecule has 0 saturated carbocycles. The van der Waals surface area contributed by atoms with Gasteiger partial charge in [-0.1, -0.05) is 11.6 Å². The minimum Gasteiger partial charge on any atom is -0.370 e. The second kappa shape index (κ2) is 7.45. The third-order valence-corrected chi connectivity index (χ3v) is 3.57. The van der Waals surface area contributed by atoms with Crippen molar-refractivity contribution in [1.29, 1.82) is 0 Å². The fraction of sp³-hybridized carbons (Fsp3) is 0.200. The molecule has 0 radical (unpaired) electrons. The fourth-order valence-corrected chi connectivity index (χ4v) is 2.09. The molecule has 0 fully saturated rings. The van der Waals surface area contributed by atoms with Gasteiger partial charge in [-0.15, -0.1) is 12.3 Å². The first-order valence-corrected chi connectivity index (χ1v) is 7.33. The van der Waals surface area contributed by atoms with Crippen LogP contribution < -0.4 is 16.6 Å². The van der Waals surface area contributed by atoms with Crippen molar-refractivity contribution in [2.45, 2.75) is 18.6 Å². The number of carbonyl (C=O) groups is 1. The maximum absolute atomic E-state index is 12.6. The van der Waals surface area contributed by atoms with E-state index in [1.54, 1.807) is 0 Å². The van der Waals surface area contributed by atoms with Crippen molar-refractivity contribution in [2.24, 2.45) is 5.73 Å². The molecule has 0 unspecified atom stereocenters. The Morgan fingerprint density at radius 3 is 2.62 bits per heavy atom. The Balaban J connectivity index is 2.37. The number of carbonyl (C=O) groups excluding carboxylic acids is 1. The number of alkyl halides is 3. The first kappa shape index (κ1) is 19.3. The van der Waals surface area contributed by atoms with E-state index in [9.17, 15) is 22.8 Å². The van der Waals surface area contributed by atoms with Crippen molar-refractivity contribution in [3.63, 3.8) is 0 Å². The van der Waals surface area contributed by atoms with Crippen LogP contribution in [0.25, 0.3) is 5.82 Å². The monoisotopic (exact) mass is 385 g/mol. The number of pyridine rings is 1. The summed E-state index contributed by atoms with van der Waals surface area (Å²) in [6.45, 7) is 0. The Hall–Kier alpha value is -3.06. The third kappa shape index (κ3) is 4.12. The number of aromatic nitrogens is 3. The number of anilines is 1. The van der Waals surface area contributed by atoms with Crippen molar-refractivity contribution >= 4 is 23.2 Å². The van der Waals surface area contributed by atoms with Crippen molar-refractivity contribution in [3.8, 4) is 18.2 Å². The number of nitrogens with one attached hydrogen (secondary N) is 1. The van der Waals surface area contributed by atoms with Gasteiger partial charge in [0.05, 0.1) is 17.4 Å². The van der Waals surface area contributed by atoms with Gasteiger partial charge in [-0.3, -0.25) is 9.59 Å². The Bertz CT molecular complexity index is 919. The molecule has 0 spiro atoms. The van der Waals surface area contributed by atoms with E-state index in [0.29, 0.717) is 10.9 Å². The van der Waals surface area contributed by atoms with E-state index in [1.807, 2.05) is 0 Å². The Labute approximate surface area is 150 Å². The molecule has 136 valence electrons. The summed E-state index contributed by atoms with van der Waals surface area (Å²) < 4.78 is 38.4. The molecule has 11 heteroatoms. The van der Waals surface area contributed by atoms with Crippen molar-refractivity contribution < 1.29 is 18.0 Å². The van der Waals surface area contributed by atoms with Crippen LogP contribution in [0, 0.1) is 12.3 Å². The molecule has 2 rings (SSSR count). The van der Waals surface area contributed by atoms with Crippen LogP contribution in [0.2, 0.25) is 5.02 Å². The van der Waals surface area contributed by atoms with E-state index in [2.05, 4.69) is 21.3 Å². The summed E-state index contributed by atoms with van der Waals surface area (Å²) in [5.41, 5.74) is 3.35. The smallest absolute Gasteiger partial charge is 0.370 e. The second-order valence-electron chi connectivity index (χ2n) is 5.00. The summed E-state index contributed by atoms with van der Waals surface area (Å²) in [5.74, 6) is 1.33. The molecule has 1 amide bonds. The van der Waals surface area contributed by atoms with Crippen molar-refractivity contribution in [3.05, 3.63) is 45.5 Å². The van der Waals surface area contributed by atoms with Crippen LogP contribution >= 0.6 is 11.6 Å². The molecule has 7 nitrogen and oxygen atoms in total. The first-order valence-electron chi connectivity index (χ1n) is 6.96. The van der Waals surface area contributed by atoms with Gasteiger partial charge in [-0.2, -0.15) is 23.0 Å². The van der Waals surface area contributed by atoms with E-state index in [-0.39, 0.29) is 22.9 Å². The van der Waals surface area contributed by atoms with Gasteiger partial charge in [0.1, 0.15) is 11.1 Å². The number of rotatable bonds is 5. The standard InChI is InChI=1S/C15H11ClF3N5O2/c1-2-3-9(13(20)25)23-10-7-22-24(14(26)12(10)16)11-5-4-8(6-21-11)15(17,18)19/h1,4-7,9,23H,3H2,(H2,20,25)/t9-/m0/s1. The topological polar surface area (TPSA) is 103 Å². The molecule has 0 aromatic carbocycles. The van der Waals surface area contributed by atoms with E-state index >= 15 is 0 Å². The predicted molar refractivity (Wildman–Crippen MR) is 87.7 cm³/mol. The van der Waals surface area contributed by atoms with Gasteiger partial charge in [0.15, 0.2) is 5.82 Å². The molecular weight excluding hydrogens is 375 g/mol. The molecule has 2 aromatic heterocycles. The van der Waals surface area contributed by atoms with Gasteiger partial charge in [-0.05, 0) is 12.1 Å². The Morgan fingerprint density at radius 1 is 1.42 bits per heavy atom. The predicted octanol–water partition coefficient (Wildman–Crippen LogP) is 1.59. The zero-order chi connectivity index (χ0) is 19.5. The number of terminal acetylenes is 1. The zero-order valence-corrected chi connectivity index (χ0v) is 13.7. The van der Waals surface area contributed by atoms with Crippen LogP contribution in [-0.4, -0.2) is 26.7 Å². The number of nitrogens with zero attached hydrogens (tertiary/aromatic N) is 3. The first-order chi connectivity index (χ1) is 12.1. The van der Waals surface area contributed by atoms with Crippen LogP contribution in [0.5, 0.6) is 0 Å². The minimum atomic E-state index is -4.56. The Kier molecular flexibility index (Phi) is 5.52. The molecule has 0 bridgehead atoms. The van der Waals surface area contributed by atoms with E-state index < -0.39 is 29.2 Å². The van der Waals surface area contributed by atoms with Crippen LogP contribution in [0.1, 0.15) is 12.0 Å². The van der Waals surface area contributed by atoms with E-state index in [4.69, 9.17) is 23.8 Å².